The summed E-state index contributed by atoms with van der Waals surface area (Å²) in [5.41, 5.74) is 5.12. The van der Waals surface area contributed by atoms with Crippen molar-refractivity contribution in [2.24, 2.45) is 22.5 Å². The Morgan fingerprint density at radius 3 is 2.21 bits per heavy atom. The third-order valence-electron chi connectivity index (χ3n) is 8.47. The van der Waals surface area contributed by atoms with Crippen LogP contribution in [-0.2, 0) is 14.3 Å². The van der Waals surface area contributed by atoms with E-state index in [9.17, 15) is 14.4 Å². The summed E-state index contributed by atoms with van der Waals surface area (Å²) in [5, 5.41) is 26.7. The van der Waals surface area contributed by atoms with Gasteiger partial charge in [0, 0.05) is 23.9 Å². The van der Waals surface area contributed by atoms with Crippen LogP contribution in [0.25, 0.3) is 0 Å². The molecule has 4 unspecified atom stereocenters. The number of aromatic hydroxyl groups is 3. The molecule has 1 aromatic rings. The number of carbonyl (C=O) groups excluding carboxylic acids is 3. The minimum atomic E-state index is -0.791. The number of amides is 2. The number of phenolic OH excluding ortho intramolecular Hbond substituents is 3. The Hall–Kier alpha value is -2.97. The normalized spacial score (nSPS) is 28.8. The van der Waals surface area contributed by atoms with Crippen molar-refractivity contribution in [3.8, 4) is 17.2 Å². The number of benzene rings is 1. The molecule has 5 N–H and O–H groups in total. The maximum Gasteiger partial charge on any atom is 0.329 e. The molecule has 2 saturated carbocycles. The van der Waals surface area contributed by atoms with E-state index in [4.69, 9.17) is 25.8 Å². The molecule has 2 amide bonds. The molecule has 1 heterocycles. The summed E-state index contributed by atoms with van der Waals surface area (Å²) in [7, 11) is 0. The first-order chi connectivity index (χ1) is 15.8. The van der Waals surface area contributed by atoms with E-state index in [2.05, 4.69) is 20.8 Å². The Labute approximate surface area is 199 Å². The van der Waals surface area contributed by atoms with Crippen molar-refractivity contribution < 1.29 is 34.4 Å². The summed E-state index contributed by atoms with van der Waals surface area (Å²) >= 11 is 0. The Balaban J connectivity index is 0.000000229. The van der Waals surface area contributed by atoms with Crippen molar-refractivity contribution in [2.45, 2.75) is 78.4 Å². The molecule has 4 rings (SSSR count). The van der Waals surface area contributed by atoms with Gasteiger partial charge in [0.1, 0.15) is 12.1 Å². The van der Waals surface area contributed by atoms with E-state index in [1.807, 2.05) is 6.92 Å². The van der Waals surface area contributed by atoms with Crippen molar-refractivity contribution in [3.05, 3.63) is 17.7 Å². The molecule has 3 fully saturated rings. The van der Waals surface area contributed by atoms with Crippen LogP contribution < -0.4 is 5.73 Å². The zero-order valence-corrected chi connectivity index (χ0v) is 20.3. The lowest BCUT2D eigenvalue weighted by Gasteiger charge is -2.39. The van der Waals surface area contributed by atoms with Gasteiger partial charge in [-0.05, 0) is 55.6 Å². The smallest absolute Gasteiger partial charge is 0.329 e. The maximum absolute atomic E-state index is 12.6. The molecule has 9 heteroatoms. The Kier molecular flexibility index (Phi) is 7.05. The molecule has 188 valence electrons. The van der Waals surface area contributed by atoms with Crippen LogP contribution in [0, 0.1) is 16.7 Å². The van der Waals surface area contributed by atoms with Crippen molar-refractivity contribution in [1.82, 2.24) is 4.90 Å². The zero-order valence-electron chi connectivity index (χ0n) is 20.3. The highest BCUT2D eigenvalue weighted by molar-refractivity contribution is 5.94. The number of rotatable bonds is 4. The van der Waals surface area contributed by atoms with Gasteiger partial charge < -0.3 is 30.7 Å². The molecule has 0 radical (unpaired) electrons. The summed E-state index contributed by atoms with van der Waals surface area (Å²) in [4.78, 5) is 36.9. The predicted molar refractivity (Wildman–Crippen MR) is 124 cm³/mol. The molecule has 34 heavy (non-hydrogen) atoms. The summed E-state index contributed by atoms with van der Waals surface area (Å²) in [6.45, 7) is 9.47. The molecule has 0 aromatic heterocycles. The number of primary amides is 1. The van der Waals surface area contributed by atoms with Crippen LogP contribution >= 0.6 is 0 Å². The van der Waals surface area contributed by atoms with Crippen LogP contribution in [-0.4, -0.2) is 56.7 Å². The van der Waals surface area contributed by atoms with E-state index in [1.54, 1.807) is 4.90 Å². The summed E-state index contributed by atoms with van der Waals surface area (Å²) in [6.07, 6.45) is 5.52. The number of likely N-dealkylation sites (tertiary alicyclic amines) is 1. The highest BCUT2D eigenvalue weighted by Crippen LogP contribution is 2.66. The number of hydrogen-bond acceptors (Lipinski definition) is 7. The van der Waals surface area contributed by atoms with E-state index >= 15 is 0 Å². The van der Waals surface area contributed by atoms with Crippen LogP contribution in [0.4, 0.5) is 0 Å². The largest absolute Gasteiger partial charge is 0.504 e. The van der Waals surface area contributed by atoms with E-state index < -0.39 is 23.2 Å². The second-order valence-electron chi connectivity index (χ2n) is 10.4. The summed E-state index contributed by atoms with van der Waals surface area (Å²) < 4.78 is 5.96. The fraction of sp³-hybridized carbons (Fsp3) is 0.640. The van der Waals surface area contributed by atoms with E-state index in [0.29, 0.717) is 18.9 Å². The predicted octanol–water partition coefficient (Wildman–Crippen LogP) is 3.05. The molecule has 0 spiro atoms. The Bertz CT molecular complexity index is 953. The van der Waals surface area contributed by atoms with Crippen LogP contribution in [0.2, 0.25) is 0 Å². The van der Waals surface area contributed by atoms with Gasteiger partial charge in [0.25, 0.3) is 0 Å². The average molecular weight is 477 g/mol. The first kappa shape index (κ1) is 25.6. The number of ether oxygens (including phenoxy) is 1. The van der Waals surface area contributed by atoms with Gasteiger partial charge in [-0.25, -0.2) is 4.79 Å². The number of fused-ring (bicyclic) bond motifs is 2. The number of phenols is 3. The van der Waals surface area contributed by atoms with Gasteiger partial charge in [-0.3, -0.25) is 9.59 Å². The van der Waals surface area contributed by atoms with E-state index in [1.165, 1.54) is 6.42 Å². The van der Waals surface area contributed by atoms with Crippen LogP contribution in [0.1, 0.15) is 76.6 Å². The highest BCUT2D eigenvalue weighted by Gasteiger charge is 2.63. The molecule has 3 aliphatic rings. The number of carbonyl (C=O) groups is 3. The van der Waals surface area contributed by atoms with Gasteiger partial charge in [0.15, 0.2) is 17.2 Å². The molecule has 1 aromatic carbocycles. The minimum Gasteiger partial charge on any atom is -0.504 e. The maximum atomic E-state index is 12.6. The third-order valence-corrected chi connectivity index (χ3v) is 8.47. The molecule has 1 aliphatic heterocycles. The first-order valence-corrected chi connectivity index (χ1v) is 11.9. The van der Waals surface area contributed by atoms with Gasteiger partial charge in [0.2, 0.25) is 11.8 Å². The van der Waals surface area contributed by atoms with Gasteiger partial charge in [-0.2, -0.15) is 0 Å². The van der Waals surface area contributed by atoms with Gasteiger partial charge in [-0.15, -0.1) is 0 Å². The van der Waals surface area contributed by atoms with Crippen molar-refractivity contribution >= 4 is 17.8 Å². The quantitative estimate of drug-likeness (QED) is 0.385. The van der Waals surface area contributed by atoms with Crippen LogP contribution in [0.5, 0.6) is 17.2 Å². The topological polar surface area (TPSA) is 150 Å². The van der Waals surface area contributed by atoms with Crippen molar-refractivity contribution in [3.63, 3.8) is 0 Å². The van der Waals surface area contributed by atoms with Gasteiger partial charge in [0.05, 0.1) is 0 Å². The second kappa shape index (κ2) is 9.35. The van der Waals surface area contributed by atoms with Crippen molar-refractivity contribution in [1.29, 1.82) is 0 Å². The molecule has 9 nitrogen and oxygen atoms in total. The third kappa shape index (κ3) is 4.40. The number of nitrogens with zero attached hydrogens (tertiary/aromatic N) is 1. The van der Waals surface area contributed by atoms with E-state index in [-0.39, 0.29) is 40.4 Å². The monoisotopic (exact) mass is 476 g/mol. The second-order valence-corrected chi connectivity index (χ2v) is 10.4. The minimum absolute atomic E-state index is 0.0212. The fourth-order valence-electron chi connectivity index (χ4n) is 5.79. The molecular weight excluding hydrogens is 440 g/mol. The van der Waals surface area contributed by atoms with E-state index in [0.717, 1.165) is 37.8 Å². The summed E-state index contributed by atoms with van der Waals surface area (Å²) in [5.74, 6) is -2.06. The first-order valence-electron chi connectivity index (χ1n) is 11.9. The van der Waals surface area contributed by atoms with Gasteiger partial charge in [-0.1, -0.05) is 27.7 Å². The van der Waals surface area contributed by atoms with Crippen LogP contribution in [0.3, 0.4) is 0 Å². The zero-order chi connectivity index (χ0) is 25.4. The Morgan fingerprint density at radius 1 is 1.12 bits per heavy atom. The number of esters is 1. The lowest BCUT2D eigenvalue weighted by atomic mass is 9.70. The standard InChI is InChI=1S/C18H29NO3.C7H7NO4/c1-5-15(20)19-10-6-7-13(19)16(21)22-14-11-12-8-9-18(14,4)17(12,2)3;8-7(12)3-1-4(9)6(11)5(10)2-3/h12-14H,5-11H2,1-4H3;1-2,9-11H,(H2,8,12). The van der Waals surface area contributed by atoms with Crippen molar-refractivity contribution in [2.75, 3.05) is 6.54 Å². The SMILES string of the molecule is CCC(=O)N1CCCC1C(=O)OC1CC2CCC1(C)C2(C)C.NC(=O)c1cc(O)c(O)c(O)c1. The lowest BCUT2D eigenvalue weighted by molar-refractivity contribution is -0.164. The average Bonchev–Trinajstić information content (AvgIpc) is 3.40. The fourth-order valence-corrected chi connectivity index (χ4v) is 5.79. The molecule has 1 saturated heterocycles. The number of hydrogen-bond donors (Lipinski definition) is 4. The lowest BCUT2D eigenvalue weighted by Crippen LogP contribution is -2.45. The summed E-state index contributed by atoms with van der Waals surface area (Å²) in [6, 6.07) is 1.59. The molecular formula is C25H36N2O7. The molecule has 4 atom stereocenters. The Morgan fingerprint density at radius 2 is 1.74 bits per heavy atom. The van der Waals surface area contributed by atoms with Gasteiger partial charge >= 0.3 is 5.97 Å². The molecule has 2 aliphatic carbocycles. The highest BCUT2D eigenvalue weighted by atomic mass is 16.5. The molecule has 2 bridgehead atoms. The van der Waals surface area contributed by atoms with Crippen LogP contribution in [0.15, 0.2) is 12.1 Å². The number of nitrogens with two attached hydrogens (primary N) is 1.